The van der Waals surface area contributed by atoms with E-state index in [9.17, 15) is 14.9 Å². The second-order valence-electron chi connectivity index (χ2n) is 6.04. The molecule has 0 aromatic heterocycles. The van der Waals surface area contributed by atoms with E-state index in [0.717, 1.165) is 17.1 Å². The third kappa shape index (κ3) is 3.77. The molecule has 1 aliphatic heterocycles. The van der Waals surface area contributed by atoms with Crippen LogP contribution < -0.4 is 14.2 Å². The van der Waals surface area contributed by atoms with Gasteiger partial charge in [-0.15, -0.1) is 0 Å². The summed E-state index contributed by atoms with van der Waals surface area (Å²) in [4.78, 5) is 22.9. The first kappa shape index (κ1) is 17.7. The second kappa shape index (κ2) is 7.43. The molecule has 7 nitrogen and oxygen atoms in total. The summed E-state index contributed by atoms with van der Waals surface area (Å²) in [7, 11) is 0. The van der Waals surface area contributed by atoms with Crippen LogP contribution in [0.2, 0.25) is 0 Å². The molecule has 2 aromatic rings. The van der Waals surface area contributed by atoms with E-state index >= 15 is 0 Å². The van der Waals surface area contributed by atoms with Gasteiger partial charge in [0, 0.05) is 6.07 Å². The Morgan fingerprint density at radius 1 is 1.31 bits per heavy atom. The van der Waals surface area contributed by atoms with Crippen molar-refractivity contribution in [1.82, 2.24) is 0 Å². The maximum absolute atomic E-state index is 12.5. The molecule has 0 aliphatic carbocycles. The summed E-state index contributed by atoms with van der Waals surface area (Å²) in [6.07, 6.45) is 0.461. The van der Waals surface area contributed by atoms with E-state index in [-0.39, 0.29) is 18.0 Å². The third-order valence-corrected chi connectivity index (χ3v) is 4.18. The molecule has 0 fully saturated rings. The fraction of sp³-hybridized carbons (Fsp3) is 0.316. The van der Waals surface area contributed by atoms with Crippen molar-refractivity contribution in [2.75, 3.05) is 13.2 Å². The van der Waals surface area contributed by atoms with Gasteiger partial charge in [0.05, 0.1) is 23.5 Å². The number of esters is 1. The predicted molar refractivity (Wildman–Crippen MR) is 93.8 cm³/mol. The minimum absolute atomic E-state index is 0.120. The van der Waals surface area contributed by atoms with E-state index < -0.39 is 16.8 Å². The third-order valence-electron chi connectivity index (χ3n) is 4.18. The summed E-state index contributed by atoms with van der Waals surface area (Å²) in [5.41, 5.74) is 1.41. The monoisotopic (exact) mass is 357 g/mol. The molecule has 7 heteroatoms. The zero-order valence-corrected chi connectivity index (χ0v) is 14.6. The number of rotatable bonds is 5. The Morgan fingerprint density at radius 3 is 2.85 bits per heavy atom. The Hall–Kier alpha value is -3.09. The molecular weight excluding hydrogens is 338 g/mol. The molecule has 1 heterocycles. The molecule has 1 atom stereocenters. The fourth-order valence-corrected chi connectivity index (χ4v) is 2.78. The Balaban J connectivity index is 1.74. The van der Waals surface area contributed by atoms with Crippen LogP contribution in [0.5, 0.6) is 17.2 Å². The van der Waals surface area contributed by atoms with E-state index in [2.05, 4.69) is 0 Å². The zero-order chi connectivity index (χ0) is 18.7. The first-order valence-corrected chi connectivity index (χ1v) is 8.33. The minimum atomic E-state index is -0.522. The van der Waals surface area contributed by atoms with E-state index in [1.54, 1.807) is 13.0 Å². The summed E-state index contributed by atoms with van der Waals surface area (Å²) in [6.45, 7) is 4.38. The topological polar surface area (TPSA) is 87.9 Å². The largest absolute Gasteiger partial charge is 0.494 e. The van der Waals surface area contributed by atoms with Gasteiger partial charge in [-0.2, -0.15) is 0 Å². The number of nitro groups is 1. The SMILES string of the molecule is CCOc1ccc2c(c1)CC(C(=O)Oc1cc([N+](=O)[O-])ccc1C)CO2. The molecular formula is C19H19NO6. The van der Waals surface area contributed by atoms with E-state index in [0.29, 0.717) is 18.6 Å². The van der Waals surface area contributed by atoms with Crippen molar-refractivity contribution in [3.05, 3.63) is 57.6 Å². The van der Waals surface area contributed by atoms with Crippen molar-refractivity contribution in [2.24, 2.45) is 5.92 Å². The molecule has 26 heavy (non-hydrogen) atoms. The highest BCUT2D eigenvalue weighted by atomic mass is 16.6. The molecule has 0 spiro atoms. The average molecular weight is 357 g/mol. The Bertz CT molecular complexity index is 848. The lowest BCUT2D eigenvalue weighted by atomic mass is 9.96. The standard InChI is InChI=1S/C19H19NO6/c1-3-24-16-6-7-17-13(9-16)8-14(11-25-17)19(21)26-18-10-15(20(22)23)5-4-12(18)2/h4-7,9-10,14H,3,8,11H2,1-2H3. The number of carbonyl (C=O) groups is 1. The number of carbonyl (C=O) groups excluding carboxylic acids is 1. The van der Waals surface area contributed by atoms with Gasteiger partial charge in [0.1, 0.15) is 23.9 Å². The highest BCUT2D eigenvalue weighted by molar-refractivity contribution is 5.77. The van der Waals surface area contributed by atoms with Crippen LogP contribution in [0.1, 0.15) is 18.1 Å². The van der Waals surface area contributed by atoms with Gasteiger partial charge in [-0.05, 0) is 55.7 Å². The molecule has 2 aromatic carbocycles. The molecule has 1 aliphatic rings. The van der Waals surface area contributed by atoms with Gasteiger partial charge in [-0.3, -0.25) is 14.9 Å². The Labute approximate surface area is 150 Å². The number of non-ortho nitro benzene ring substituents is 1. The highest BCUT2D eigenvalue weighted by Gasteiger charge is 2.28. The molecule has 0 radical (unpaired) electrons. The van der Waals surface area contributed by atoms with Crippen LogP contribution in [0.15, 0.2) is 36.4 Å². The molecule has 1 unspecified atom stereocenters. The summed E-state index contributed by atoms with van der Waals surface area (Å²) < 4.78 is 16.5. The molecule has 0 amide bonds. The van der Waals surface area contributed by atoms with Crippen LogP contribution in [0.3, 0.4) is 0 Å². The van der Waals surface area contributed by atoms with Crippen LogP contribution in [0, 0.1) is 23.0 Å². The second-order valence-corrected chi connectivity index (χ2v) is 6.04. The number of nitro benzene ring substituents is 1. The maximum atomic E-state index is 12.5. The summed E-state index contributed by atoms with van der Waals surface area (Å²) >= 11 is 0. The average Bonchev–Trinajstić information content (AvgIpc) is 2.63. The van der Waals surface area contributed by atoms with Crippen molar-refractivity contribution in [1.29, 1.82) is 0 Å². The first-order valence-electron chi connectivity index (χ1n) is 8.33. The summed E-state index contributed by atoms with van der Waals surface area (Å²) in [5.74, 6) is 0.680. The number of hydrogen-bond acceptors (Lipinski definition) is 6. The maximum Gasteiger partial charge on any atom is 0.318 e. The van der Waals surface area contributed by atoms with Gasteiger partial charge in [-0.25, -0.2) is 0 Å². The lowest BCUT2D eigenvalue weighted by Gasteiger charge is -2.24. The number of ether oxygens (including phenoxy) is 3. The molecule has 0 N–H and O–H groups in total. The zero-order valence-electron chi connectivity index (χ0n) is 14.6. The number of nitrogens with zero attached hydrogens (tertiary/aromatic N) is 1. The lowest BCUT2D eigenvalue weighted by molar-refractivity contribution is -0.384. The van der Waals surface area contributed by atoms with Gasteiger partial charge < -0.3 is 14.2 Å². The van der Waals surface area contributed by atoms with E-state index in [4.69, 9.17) is 14.2 Å². The lowest BCUT2D eigenvalue weighted by Crippen LogP contribution is -2.31. The normalized spacial score (nSPS) is 15.5. The molecule has 0 saturated carbocycles. The first-order chi connectivity index (χ1) is 12.5. The Kier molecular flexibility index (Phi) is 5.06. The van der Waals surface area contributed by atoms with Crippen molar-refractivity contribution >= 4 is 11.7 Å². The van der Waals surface area contributed by atoms with Gasteiger partial charge in [0.2, 0.25) is 0 Å². The smallest absolute Gasteiger partial charge is 0.318 e. The number of hydrogen-bond donors (Lipinski definition) is 0. The molecule has 0 bridgehead atoms. The van der Waals surface area contributed by atoms with Crippen LogP contribution >= 0.6 is 0 Å². The summed E-state index contributed by atoms with van der Waals surface area (Å²) in [5, 5.41) is 10.9. The molecule has 136 valence electrons. The van der Waals surface area contributed by atoms with Crippen LogP contribution in [-0.2, 0) is 11.2 Å². The number of aryl methyl sites for hydroxylation is 1. The molecule has 3 rings (SSSR count). The number of benzene rings is 2. The molecule has 0 saturated heterocycles. The van der Waals surface area contributed by atoms with Crippen molar-refractivity contribution < 1.29 is 23.9 Å². The van der Waals surface area contributed by atoms with Crippen molar-refractivity contribution in [3.63, 3.8) is 0 Å². The highest BCUT2D eigenvalue weighted by Crippen LogP contribution is 2.32. The van der Waals surface area contributed by atoms with Crippen LogP contribution in [-0.4, -0.2) is 24.1 Å². The van der Waals surface area contributed by atoms with Gasteiger partial charge in [-0.1, -0.05) is 0 Å². The predicted octanol–water partition coefficient (Wildman–Crippen LogP) is 3.46. The Morgan fingerprint density at radius 2 is 2.12 bits per heavy atom. The number of fused-ring (bicyclic) bond motifs is 1. The van der Waals surface area contributed by atoms with Crippen LogP contribution in [0.25, 0.3) is 0 Å². The van der Waals surface area contributed by atoms with Crippen molar-refractivity contribution in [2.45, 2.75) is 20.3 Å². The van der Waals surface area contributed by atoms with E-state index in [1.165, 1.54) is 12.1 Å². The summed E-state index contributed by atoms with van der Waals surface area (Å²) in [6, 6.07) is 9.71. The van der Waals surface area contributed by atoms with Gasteiger partial charge in [0.15, 0.2) is 0 Å². The van der Waals surface area contributed by atoms with Gasteiger partial charge in [0.25, 0.3) is 5.69 Å². The van der Waals surface area contributed by atoms with E-state index in [1.807, 2.05) is 25.1 Å². The van der Waals surface area contributed by atoms with Crippen molar-refractivity contribution in [3.8, 4) is 17.2 Å². The van der Waals surface area contributed by atoms with Crippen LogP contribution in [0.4, 0.5) is 5.69 Å². The van der Waals surface area contributed by atoms with Gasteiger partial charge >= 0.3 is 5.97 Å². The quantitative estimate of drug-likeness (QED) is 0.352. The minimum Gasteiger partial charge on any atom is -0.494 e. The fourth-order valence-electron chi connectivity index (χ4n) is 2.78.